The monoisotopic (exact) mass is 384 g/mol. The lowest BCUT2D eigenvalue weighted by Gasteiger charge is -2.21. The molecule has 8 heteroatoms. The third-order valence-electron chi connectivity index (χ3n) is 4.06. The molecule has 0 radical (unpaired) electrons. The van der Waals surface area contributed by atoms with E-state index < -0.39 is 22.6 Å². The van der Waals surface area contributed by atoms with Crippen LogP contribution < -0.4 is 16.6 Å². The van der Waals surface area contributed by atoms with Crippen molar-refractivity contribution in [1.29, 1.82) is 0 Å². The van der Waals surface area contributed by atoms with E-state index in [1.165, 1.54) is 35.0 Å². The predicted octanol–water partition coefficient (Wildman–Crippen LogP) is 1.66. The number of pyridine rings is 1. The molecule has 1 N–H and O–H groups in total. The number of benzene rings is 1. The van der Waals surface area contributed by atoms with Gasteiger partial charge in [0.2, 0.25) is 5.91 Å². The van der Waals surface area contributed by atoms with Gasteiger partial charge in [0.25, 0.3) is 5.56 Å². The summed E-state index contributed by atoms with van der Waals surface area (Å²) < 4.78 is 15.4. The molecule has 2 heterocycles. The van der Waals surface area contributed by atoms with Crippen molar-refractivity contribution in [3.63, 3.8) is 0 Å². The molecular formula is C20H21FN4O3. The Morgan fingerprint density at radius 3 is 2.43 bits per heavy atom. The van der Waals surface area contributed by atoms with Crippen LogP contribution in [0.25, 0.3) is 11.0 Å². The molecule has 0 unspecified atom stereocenters. The molecule has 3 aromatic rings. The van der Waals surface area contributed by atoms with E-state index in [2.05, 4.69) is 10.3 Å². The molecule has 1 aromatic carbocycles. The normalized spacial score (nSPS) is 11.6. The van der Waals surface area contributed by atoms with Crippen molar-refractivity contribution in [3.8, 4) is 0 Å². The fourth-order valence-electron chi connectivity index (χ4n) is 2.91. The first-order valence-electron chi connectivity index (χ1n) is 8.79. The van der Waals surface area contributed by atoms with E-state index >= 15 is 0 Å². The van der Waals surface area contributed by atoms with E-state index in [9.17, 15) is 18.8 Å². The lowest BCUT2D eigenvalue weighted by atomic mass is 10.1. The summed E-state index contributed by atoms with van der Waals surface area (Å²) in [5.74, 6) is -0.765. The van der Waals surface area contributed by atoms with Crippen LogP contribution >= 0.6 is 0 Å². The lowest BCUT2D eigenvalue weighted by molar-refractivity contribution is -0.123. The number of hydrogen-bond donors (Lipinski definition) is 1. The van der Waals surface area contributed by atoms with Gasteiger partial charge in [0.05, 0.1) is 12.1 Å². The fraction of sp³-hybridized carbons (Fsp3) is 0.300. The number of aromatic nitrogens is 3. The molecule has 0 atom stereocenters. The highest BCUT2D eigenvalue weighted by atomic mass is 19.1. The van der Waals surface area contributed by atoms with Crippen LogP contribution in [0.5, 0.6) is 0 Å². The van der Waals surface area contributed by atoms with Crippen LogP contribution in [-0.4, -0.2) is 25.6 Å². The molecule has 3 rings (SSSR count). The first-order valence-corrected chi connectivity index (χ1v) is 8.79. The first kappa shape index (κ1) is 19.5. The van der Waals surface area contributed by atoms with Crippen LogP contribution in [0.2, 0.25) is 0 Å². The summed E-state index contributed by atoms with van der Waals surface area (Å²) in [6.45, 7) is 5.21. The lowest BCUT2D eigenvalue weighted by Crippen LogP contribution is -2.46. The van der Waals surface area contributed by atoms with Gasteiger partial charge in [-0.1, -0.05) is 12.1 Å². The van der Waals surface area contributed by atoms with Crippen LogP contribution in [0.1, 0.15) is 26.3 Å². The zero-order chi connectivity index (χ0) is 20.5. The van der Waals surface area contributed by atoms with Crippen molar-refractivity contribution in [2.75, 3.05) is 0 Å². The molecule has 28 heavy (non-hydrogen) atoms. The summed E-state index contributed by atoms with van der Waals surface area (Å²) in [6, 6.07) is 8.70. The largest absolute Gasteiger partial charge is 0.350 e. The third kappa shape index (κ3) is 4.16. The topological polar surface area (TPSA) is 86.0 Å². The first-order chi connectivity index (χ1) is 13.2. The predicted molar refractivity (Wildman–Crippen MR) is 104 cm³/mol. The van der Waals surface area contributed by atoms with Gasteiger partial charge in [-0.3, -0.25) is 18.7 Å². The van der Waals surface area contributed by atoms with Crippen molar-refractivity contribution in [2.45, 2.75) is 39.4 Å². The van der Waals surface area contributed by atoms with Gasteiger partial charge in [-0.2, -0.15) is 0 Å². The quantitative estimate of drug-likeness (QED) is 0.741. The number of nitrogens with one attached hydrogen (secondary N) is 1. The Morgan fingerprint density at radius 2 is 1.79 bits per heavy atom. The second kappa shape index (κ2) is 7.38. The Bertz CT molecular complexity index is 1140. The maximum Gasteiger partial charge on any atom is 0.332 e. The highest BCUT2D eigenvalue weighted by molar-refractivity contribution is 5.80. The Kier molecular flexibility index (Phi) is 5.13. The number of rotatable bonds is 4. The minimum atomic E-state index is -0.626. The highest BCUT2D eigenvalue weighted by Gasteiger charge is 2.19. The standard InChI is InChI=1S/C20H21FN4O3/c1-20(2,3)23-16(26)12-24-15-5-4-10-22-17(15)18(27)25(19(24)28)11-13-6-8-14(21)9-7-13/h4-10H,11-12H2,1-3H3,(H,23,26). The number of fused-ring (bicyclic) bond motifs is 1. The minimum Gasteiger partial charge on any atom is -0.350 e. The van der Waals surface area contributed by atoms with E-state index in [4.69, 9.17) is 0 Å². The third-order valence-corrected chi connectivity index (χ3v) is 4.06. The van der Waals surface area contributed by atoms with Gasteiger partial charge >= 0.3 is 5.69 Å². The summed E-state index contributed by atoms with van der Waals surface area (Å²) >= 11 is 0. The molecule has 0 spiro atoms. The number of carbonyl (C=O) groups excluding carboxylic acids is 1. The Labute approximate surface area is 160 Å². The molecule has 7 nitrogen and oxygen atoms in total. The summed E-state index contributed by atoms with van der Waals surface area (Å²) in [5.41, 5.74) is -0.681. The van der Waals surface area contributed by atoms with Crippen LogP contribution in [0.3, 0.4) is 0 Å². The summed E-state index contributed by atoms with van der Waals surface area (Å²) in [6.07, 6.45) is 1.45. The van der Waals surface area contributed by atoms with Gasteiger partial charge in [0, 0.05) is 11.7 Å². The Balaban J connectivity index is 2.12. The molecule has 0 aliphatic carbocycles. The average Bonchev–Trinajstić information content (AvgIpc) is 2.62. The van der Waals surface area contributed by atoms with Gasteiger partial charge < -0.3 is 5.32 Å². The number of halogens is 1. The zero-order valence-electron chi connectivity index (χ0n) is 15.9. The number of nitrogens with zero attached hydrogens (tertiary/aromatic N) is 3. The number of carbonyl (C=O) groups is 1. The van der Waals surface area contributed by atoms with Gasteiger partial charge in [-0.05, 0) is 50.6 Å². The maximum absolute atomic E-state index is 13.1. The van der Waals surface area contributed by atoms with Crippen molar-refractivity contribution < 1.29 is 9.18 Å². The van der Waals surface area contributed by atoms with Gasteiger partial charge in [-0.25, -0.2) is 14.2 Å². The fourth-order valence-corrected chi connectivity index (χ4v) is 2.91. The summed E-state index contributed by atoms with van der Waals surface area (Å²) in [7, 11) is 0. The van der Waals surface area contributed by atoms with Gasteiger partial charge in [0.1, 0.15) is 12.4 Å². The number of hydrogen-bond acceptors (Lipinski definition) is 4. The van der Waals surface area contributed by atoms with E-state index in [-0.39, 0.29) is 30.0 Å². The van der Waals surface area contributed by atoms with Gasteiger partial charge in [-0.15, -0.1) is 0 Å². The second-order valence-corrected chi connectivity index (χ2v) is 7.56. The molecule has 2 aromatic heterocycles. The molecule has 0 aliphatic heterocycles. The summed E-state index contributed by atoms with van der Waals surface area (Å²) in [4.78, 5) is 42.3. The average molecular weight is 384 g/mol. The smallest absolute Gasteiger partial charge is 0.332 e. The molecule has 0 aliphatic rings. The summed E-state index contributed by atoms with van der Waals surface area (Å²) in [5, 5.41) is 2.80. The maximum atomic E-state index is 13.1. The van der Waals surface area contributed by atoms with Crippen molar-refractivity contribution in [1.82, 2.24) is 19.4 Å². The van der Waals surface area contributed by atoms with Crippen molar-refractivity contribution in [2.24, 2.45) is 0 Å². The van der Waals surface area contributed by atoms with Crippen molar-refractivity contribution in [3.05, 3.63) is 74.8 Å². The highest BCUT2D eigenvalue weighted by Crippen LogP contribution is 2.08. The Hall–Kier alpha value is -3.29. The number of amides is 1. The molecule has 0 bridgehead atoms. The molecule has 0 saturated heterocycles. The molecule has 1 amide bonds. The van der Waals surface area contributed by atoms with Crippen LogP contribution in [0.4, 0.5) is 4.39 Å². The molecule has 0 saturated carbocycles. The van der Waals surface area contributed by atoms with E-state index in [0.29, 0.717) is 5.56 Å². The van der Waals surface area contributed by atoms with Gasteiger partial charge in [0.15, 0.2) is 5.52 Å². The Morgan fingerprint density at radius 1 is 1.11 bits per heavy atom. The molecule has 146 valence electrons. The van der Waals surface area contributed by atoms with Crippen LogP contribution in [-0.2, 0) is 17.9 Å². The van der Waals surface area contributed by atoms with E-state index in [1.54, 1.807) is 12.1 Å². The molecule has 0 fully saturated rings. The SMILES string of the molecule is CC(C)(C)NC(=O)Cn1c(=O)n(Cc2ccc(F)cc2)c(=O)c2ncccc21. The van der Waals surface area contributed by atoms with Crippen LogP contribution in [0.15, 0.2) is 52.2 Å². The second-order valence-electron chi connectivity index (χ2n) is 7.56. The molecular weight excluding hydrogens is 363 g/mol. The van der Waals surface area contributed by atoms with E-state index in [0.717, 1.165) is 4.57 Å². The minimum absolute atomic E-state index is 0.0502. The zero-order valence-corrected chi connectivity index (χ0v) is 15.9. The van der Waals surface area contributed by atoms with Crippen LogP contribution in [0, 0.1) is 5.82 Å². The van der Waals surface area contributed by atoms with Crippen molar-refractivity contribution >= 4 is 16.9 Å². The van der Waals surface area contributed by atoms with E-state index in [1.807, 2.05) is 20.8 Å².